The summed E-state index contributed by atoms with van der Waals surface area (Å²) in [5.74, 6) is 0. The third-order valence-corrected chi connectivity index (χ3v) is 2.71. The van der Waals surface area contributed by atoms with E-state index in [1.807, 2.05) is 11.8 Å². The molecule has 2 unspecified atom stereocenters. The monoisotopic (exact) mass is 277 g/mol. The molecule has 0 aromatic heterocycles. The molecule has 0 amide bonds. The van der Waals surface area contributed by atoms with Crippen LogP contribution < -0.4 is 0 Å². The summed E-state index contributed by atoms with van der Waals surface area (Å²) in [7, 11) is 0. The molecule has 0 fully saturated rings. The van der Waals surface area contributed by atoms with Crippen molar-refractivity contribution in [2.24, 2.45) is 0 Å². The van der Waals surface area contributed by atoms with Crippen LogP contribution in [-0.4, -0.2) is 49.2 Å². The first-order valence-corrected chi connectivity index (χ1v) is 7.34. The molecule has 0 aromatic carbocycles. The largest absolute Gasteiger partial charge is 0.368 e. The number of nitrogens with zero attached hydrogens (tertiary/aromatic N) is 1. The molecular formula is C14H31NO4. The summed E-state index contributed by atoms with van der Waals surface area (Å²) >= 11 is 0. The number of aliphatic hydroxyl groups excluding tert-OH is 1. The van der Waals surface area contributed by atoms with Gasteiger partial charge in [-0.1, -0.05) is 26.7 Å². The Morgan fingerprint density at radius 2 is 1.42 bits per heavy atom. The van der Waals surface area contributed by atoms with E-state index in [2.05, 4.69) is 13.8 Å². The summed E-state index contributed by atoms with van der Waals surface area (Å²) in [6.07, 6.45) is 3.32. The Morgan fingerprint density at radius 1 is 0.947 bits per heavy atom. The highest BCUT2D eigenvalue weighted by molar-refractivity contribution is 4.51. The van der Waals surface area contributed by atoms with Crippen LogP contribution in [-0.2, 0) is 14.2 Å². The van der Waals surface area contributed by atoms with Crippen molar-refractivity contribution in [3.63, 3.8) is 0 Å². The van der Waals surface area contributed by atoms with Gasteiger partial charge in [-0.05, 0) is 26.7 Å². The molecule has 0 saturated carbocycles. The first-order chi connectivity index (χ1) is 9.11. The van der Waals surface area contributed by atoms with Crippen molar-refractivity contribution >= 4 is 0 Å². The van der Waals surface area contributed by atoms with Crippen LogP contribution in [0.25, 0.3) is 0 Å². The summed E-state index contributed by atoms with van der Waals surface area (Å²) in [6, 6.07) is 0. The molecule has 0 aliphatic carbocycles. The zero-order valence-corrected chi connectivity index (χ0v) is 12.9. The maximum absolute atomic E-state index is 9.26. The van der Waals surface area contributed by atoms with Crippen LogP contribution in [0.1, 0.15) is 53.4 Å². The van der Waals surface area contributed by atoms with Gasteiger partial charge in [-0.15, -0.1) is 0 Å². The van der Waals surface area contributed by atoms with Gasteiger partial charge in [0, 0.05) is 13.2 Å². The molecule has 19 heavy (non-hydrogen) atoms. The molecule has 1 N–H and O–H groups in total. The highest BCUT2D eigenvalue weighted by atomic mass is 16.6. The SMILES string of the molecule is CCCCOCN(COCCCC)C(C)OC(C)O. The third-order valence-electron chi connectivity index (χ3n) is 2.71. The van der Waals surface area contributed by atoms with E-state index in [1.165, 1.54) is 0 Å². The number of hydrogen-bond acceptors (Lipinski definition) is 5. The lowest BCUT2D eigenvalue weighted by molar-refractivity contribution is -0.202. The minimum atomic E-state index is -0.788. The highest BCUT2D eigenvalue weighted by Gasteiger charge is 2.16. The summed E-state index contributed by atoms with van der Waals surface area (Å²) < 4.78 is 16.5. The van der Waals surface area contributed by atoms with Gasteiger partial charge in [0.2, 0.25) is 0 Å². The van der Waals surface area contributed by atoms with Crippen LogP contribution >= 0.6 is 0 Å². The van der Waals surface area contributed by atoms with Gasteiger partial charge < -0.3 is 19.3 Å². The molecule has 0 aromatic rings. The zero-order valence-electron chi connectivity index (χ0n) is 12.9. The van der Waals surface area contributed by atoms with Crippen LogP contribution in [0.2, 0.25) is 0 Å². The fourth-order valence-electron chi connectivity index (χ4n) is 1.47. The van der Waals surface area contributed by atoms with E-state index in [4.69, 9.17) is 14.2 Å². The second-order valence-electron chi connectivity index (χ2n) is 4.71. The van der Waals surface area contributed by atoms with Crippen LogP contribution in [0.3, 0.4) is 0 Å². The fourth-order valence-corrected chi connectivity index (χ4v) is 1.47. The van der Waals surface area contributed by atoms with E-state index < -0.39 is 6.29 Å². The Kier molecular flexibility index (Phi) is 12.7. The molecule has 0 heterocycles. The van der Waals surface area contributed by atoms with Crippen molar-refractivity contribution in [1.82, 2.24) is 4.90 Å². The summed E-state index contributed by atoms with van der Waals surface area (Å²) in [5, 5.41) is 9.26. The number of rotatable bonds is 13. The van der Waals surface area contributed by atoms with Crippen molar-refractivity contribution < 1.29 is 19.3 Å². The Labute approximate surface area is 117 Å². The molecule has 0 spiro atoms. The number of unbranched alkanes of at least 4 members (excludes halogenated alkanes) is 2. The quantitative estimate of drug-likeness (QED) is 0.414. The molecule has 0 bridgehead atoms. The van der Waals surface area contributed by atoms with Gasteiger partial charge in [0.25, 0.3) is 0 Å². The predicted octanol–water partition coefficient (Wildman–Crippen LogP) is 2.54. The van der Waals surface area contributed by atoms with Crippen molar-refractivity contribution in [2.75, 3.05) is 26.7 Å². The van der Waals surface area contributed by atoms with Crippen molar-refractivity contribution in [2.45, 2.75) is 65.9 Å². The molecule has 5 nitrogen and oxygen atoms in total. The third kappa shape index (κ3) is 11.3. The van der Waals surface area contributed by atoms with Crippen LogP contribution in [0.15, 0.2) is 0 Å². The van der Waals surface area contributed by atoms with E-state index in [-0.39, 0.29) is 6.23 Å². The first-order valence-electron chi connectivity index (χ1n) is 7.34. The molecular weight excluding hydrogens is 246 g/mol. The zero-order chi connectivity index (χ0) is 14.5. The second-order valence-corrected chi connectivity index (χ2v) is 4.71. The van der Waals surface area contributed by atoms with E-state index in [9.17, 15) is 5.11 Å². The second kappa shape index (κ2) is 12.8. The average Bonchev–Trinajstić information content (AvgIpc) is 2.36. The van der Waals surface area contributed by atoms with Gasteiger partial charge in [0.15, 0.2) is 6.29 Å². The van der Waals surface area contributed by atoms with Crippen LogP contribution in [0, 0.1) is 0 Å². The lowest BCUT2D eigenvalue weighted by Gasteiger charge is -2.29. The molecule has 2 atom stereocenters. The lowest BCUT2D eigenvalue weighted by Crippen LogP contribution is -2.40. The molecule has 0 aliphatic heterocycles. The maximum atomic E-state index is 9.26. The Hall–Kier alpha value is -0.200. The minimum absolute atomic E-state index is 0.233. The van der Waals surface area contributed by atoms with Gasteiger partial charge in [-0.3, -0.25) is 0 Å². The van der Waals surface area contributed by atoms with Gasteiger partial charge >= 0.3 is 0 Å². The topological polar surface area (TPSA) is 51.2 Å². The maximum Gasteiger partial charge on any atom is 0.153 e. The molecule has 0 radical (unpaired) electrons. The molecule has 0 aliphatic rings. The number of aliphatic hydroxyl groups is 1. The summed E-state index contributed by atoms with van der Waals surface area (Å²) in [5.41, 5.74) is 0. The van der Waals surface area contributed by atoms with E-state index in [1.54, 1.807) is 6.92 Å². The van der Waals surface area contributed by atoms with Crippen molar-refractivity contribution in [3.8, 4) is 0 Å². The Bertz CT molecular complexity index is 178. The van der Waals surface area contributed by atoms with Gasteiger partial charge in [0.05, 0.1) is 0 Å². The molecule has 0 rings (SSSR count). The van der Waals surface area contributed by atoms with Crippen LogP contribution in [0.5, 0.6) is 0 Å². The minimum Gasteiger partial charge on any atom is -0.368 e. The standard InChI is InChI=1S/C14H31NO4/c1-5-7-9-17-11-15(12-18-10-8-6-2)13(3)19-14(4)16/h13-14,16H,5-12H2,1-4H3. The van der Waals surface area contributed by atoms with Gasteiger partial charge in [-0.2, -0.15) is 0 Å². The molecule has 116 valence electrons. The summed E-state index contributed by atoms with van der Waals surface area (Å²) in [6.45, 7) is 10.2. The van der Waals surface area contributed by atoms with E-state index in [0.717, 1.165) is 38.9 Å². The molecule has 0 saturated heterocycles. The highest BCUT2D eigenvalue weighted by Crippen LogP contribution is 2.05. The summed E-state index contributed by atoms with van der Waals surface area (Å²) in [4.78, 5) is 1.93. The number of hydrogen-bond donors (Lipinski definition) is 1. The first kappa shape index (κ1) is 18.8. The van der Waals surface area contributed by atoms with Gasteiger partial charge in [0.1, 0.15) is 19.7 Å². The Morgan fingerprint density at radius 3 is 1.79 bits per heavy atom. The normalized spacial score (nSPS) is 14.8. The van der Waals surface area contributed by atoms with Gasteiger partial charge in [-0.25, -0.2) is 4.90 Å². The van der Waals surface area contributed by atoms with E-state index in [0.29, 0.717) is 13.5 Å². The number of ether oxygens (including phenoxy) is 3. The van der Waals surface area contributed by atoms with Crippen molar-refractivity contribution in [1.29, 1.82) is 0 Å². The van der Waals surface area contributed by atoms with E-state index >= 15 is 0 Å². The average molecular weight is 277 g/mol. The lowest BCUT2D eigenvalue weighted by atomic mass is 10.4. The van der Waals surface area contributed by atoms with Crippen LogP contribution in [0.4, 0.5) is 0 Å². The predicted molar refractivity (Wildman–Crippen MR) is 75.5 cm³/mol. The van der Waals surface area contributed by atoms with Crippen molar-refractivity contribution in [3.05, 3.63) is 0 Å². The Balaban J connectivity index is 3.98. The molecule has 5 heteroatoms. The fraction of sp³-hybridized carbons (Fsp3) is 1.00. The smallest absolute Gasteiger partial charge is 0.153 e.